The fraction of sp³-hybridized carbons (Fsp3) is 0.375. The topological polar surface area (TPSA) is 114 Å². The summed E-state index contributed by atoms with van der Waals surface area (Å²) in [5, 5.41) is 4.38. The number of carbonyl (C=O) groups is 4. The second-order valence-electron chi connectivity index (χ2n) is 5.11. The number of nitrogens with zero attached hydrogens (tertiary/aromatic N) is 1. The summed E-state index contributed by atoms with van der Waals surface area (Å²) < 4.78 is 10.3. The van der Waals surface area contributed by atoms with Crippen LogP contribution in [0.4, 0.5) is 10.5 Å². The summed E-state index contributed by atoms with van der Waals surface area (Å²) in [4.78, 5) is 48.1. The van der Waals surface area contributed by atoms with Gasteiger partial charge in [-0.2, -0.15) is 0 Å². The third-order valence-electron chi connectivity index (χ3n) is 3.27. The Kier molecular flexibility index (Phi) is 6.33. The molecule has 0 aromatic heterocycles. The third-order valence-corrected chi connectivity index (χ3v) is 3.27. The van der Waals surface area contributed by atoms with E-state index in [-0.39, 0.29) is 25.5 Å². The number of benzene rings is 1. The zero-order valence-corrected chi connectivity index (χ0v) is 13.7. The van der Waals surface area contributed by atoms with Gasteiger partial charge in [0.2, 0.25) is 5.91 Å². The number of ether oxygens (including phenoxy) is 2. The summed E-state index contributed by atoms with van der Waals surface area (Å²) in [5.41, 5.74) is 0.466. The molecule has 1 aromatic carbocycles. The zero-order valence-electron chi connectivity index (χ0n) is 13.7. The lowest BCUT2D eigenvalue weighted by molar-refractivity contribution is -0.147. The van der Waals surface area contributed by atoms with E-state index in [0.717, 1.165) is 0 Å². The number of carbonyl (C=O) groups excluding carboxylic acids is 4. The molecule has 4 amide bonds. The molecule has 25 heavy (non-hydrogen) atoms. The minimum absolute atomic E-state index is 0.125. The first kappa shape index (κ1) is 18.2. The molecule has 0 fully saturated rings. The Morgan fingerprint density at radius 3 is 2.80 bits per heavy atom. The smallest absolute Gasteiger partial charge is 0.326 e. The number of hydrogen-bond donors (Lipinski definition) is 2. The molecule has 0 bridgehead atoms. The van der Waals surface area contributed by atoms with E-state index in [2.05, 4.69) is 5.32 Å². The molecule has 1 aromatic rings. The van der Waals surface area contributed by atoms with Crippen LogP contribution in [0.5, 0.6) is 5.75 Å². The molecule has 0 aliphatic carbocycles. The van der Waals surface area contributed by atoms with Crippen LogP contribution in [0.1, 0.15) is 13.3 Å². The molecule has 1 heterocycles. The van der Waals surface area contributed by atoms with Gasteiger partial charge in [-0.1, -0.05) is 12.1 Å². The van der Waals surface area contributed by atoms with Gasteiger partial charge < -0.3 is 14.8 Å². The van der Waals surface area contributed by atoms with Gasteiger partial charge in [0, 0.05) is 6.54 Å². The molecule has 9 heteroatoms. The fourth-order valence-electron chi connectivity index (χ4n) is 2.18. The molecule has 0 atom stereocenters. The third kappa shape index (κ3) is 5.20. The van der Waals surface area contributed by atoms with Crippen LogP contribution in [0.3, 0.4) is 0 Å². The molecule has 9 nitrogen and oxygen atoms in total. The van der Waals surface area contributed by atoms with Crippen LogP contribution in [0.15, 0.2) is 24.3 Å². The monoisotopic (exact) mass is 349 g/mol. The Bertz CT molecular complexity index is 676. The first-order valence-corrected chi connectivity index (χ1v) is 7.76. The van der Waals surface area contributed by atoms with Crippen molar-refractivity contribution in [3.8, 4) is 5.75 Å². The number of anilines is 1. The number of amides is 4. The van der Waals surface area contributed by atoms with Crippen LogP contribution in [-0.2, 0) is 19.1 Å². The van der Waals surface area contributed by atoms with E-state index >= 15 is 0 Å². The highest BCUT2D eigenvalue weighted by Crippen LogP contribution is 2.30. The lowest BCUT2D eigenvalue weighted by Gasteiger charge is -2.20. The summed E-state index contributed by atoms with van der Waals surface area (Å²) in [7, 11) is 0. The predicted molar refractivity (Wildman–Crippen MR) is 87.1 cm³/mol. The van der Waals surface area contributed by atoms with Gasteiger partial charge in [-0.15, -0.1) is 0 Å². The minimum Gasteiger partial charge on any atom is -0.491 e. The number of nitrogens with one attached hydrogen (secondary N) is 2. The van der Waals surface area contributed by atoms with Crippen molar-refractivity contribution in [3.05, 3.63) is 24.3 Å². The number of esters is 1. The van der Waals surface area contributed by atoms with E-state index < -0.39 is 24.5 Å². The van der Waals surface area contributed by atoms with Crippen LogP contribution in [0, 0.1) is 0 Å². The second-order valence-corrected chi connectivity index (χ2v) is 5.11. The number of imide groups is 1. The van der Waals surface area contributed by atoms with Gasteiger partial charge in [0.1, 0.15) is 12.3 Å². The van der Waals surface area contributed by atoms with Crippen LogP contribution >= 0.6 is 0 Å². The Balaban J connectivity index is 1.92. The number of para-hydroxylation sites is 2. The average molecular weight is 349 g/mol. The van der Waals surface area contributed by atoms with Crippen molar-refractivity contribution < 1.29 is 28.7 Å². The first-order valence-electron chi connectivity index (χ1n) is 7.76. The molecule has 1 aliphatic rings. The largest absolute Gasteiger partial charge is 0.491 e. The Morgan fingerprint density at radius 1 is 1.28 bits per heavy atom. The molecular weight excluding hydrogens is 330 g/mol. The summed E-state index contributed by atoms with van der Waals surface area (Å²) in [6.45, 7) is 1.31. The van der Waals surface area contributed by atoms with Gasteiger partial charge in [-0.3, -0.25) is 24.6 Å². The fourth-order valence-corrected chi connectivity index (χ4v) is 2.18. The van der Waals surface area contributed by atoms with E-state index in [4.69, 9.17) is 9.47 Å². The number of rotatable bonds is 5. The van der Waals surface area contributed by atoms with Crippen molar-refractivity contribution in [1.29, 1.82) is 0 Å². The molecule has 0 saturated carbocycles. The van der Waals surface area contributed by atoms with E-state index in [1.54, 1.807) is 31.2 Å². The lowest BCUT2D eigenvalue weighted by Crippen LogP contribution is -2.42. The van der Waals surface area contributed by atoms with Gasteiger partial charge >= 0.3 is 12.0 Å². The quantitative estimate of drug-likeness (QED) is 0.734. The van der Waals surface area contributed by atoms with Crippen molar-refractivity contribution in [1.82, 2.24) is 10.6 Å². The van der Waals surface area contributed by atoms with Gasteiger partial charge in [0.25, 0.3) is 5.91 Å². The number of urea groups is 1. The van der Waals surface area contributed by atoms with Gasteiger partial charge in [-0.05, 0) is 19.1 Å². The van der Waals surface area contributed by atoms with Crippen LogP contribution < -0.4 is 20.3 Å². The van der Waals surface area contributed by atoms with Crippen molar-refractivity contribution in [2.45, 2.75) is 13.3 Å². The Labute approximate surface area is 144 Å². The Hall–Kier alpha value is -3.10. The maximum atomic E-state index is 12.2. The second kappa shape index (κ2) is 8.67. The number of fused-ring (bicyclic) bond motifs is 1. The molecular formula is C16H19N3O6. The molecule has 0 saturated heterocycles. The zero-order chi connectivity index (χ0) is 18.2. The van der Waals surface area contributed by atoms with Crippen LogP contribution in [0.2, 0.25) is 0 Å². The van der Waals surface area contributed by atoms with Gasteiger partial charge in [-0.25, -0.2) is 4.79 Å². The van der Waals surface area contributed by atoms with Crippen molar-refractivity contribution in [2.75, 3.05) is 31.2 Å². The highest BCUT2D eigenvalue weighted by Gasteiger charge is 2.25. The van der Waals surface area contributed by atoms with Crippen molar-refractivity contribution in [2.24, 2.45) is 0 Å². The number of hydrogen-bond acceptors (Lipinski definition) is 6. The first-order chi connectivity index (χ1) is 12.0. The average Bonchev–Trinajstić information content (AvgIpc) is 2.73. The predicted octanol–water partition coefficient (Wildman–Crippen LogP) is 0.191. The molecule has 0 spiro atoms. The minimum atomic E-state index is -0.767. The summed E-state index contributed by atoms with van der Waals surface area (Å²) in [5.74, 6) is -1.31. The Morgan fingerprint density at radius 2 is 2.04 bits per heavy atom. The summed E-state index contributed by atoms with van der Waals surface area (Å²) >= 11 is 0. The van der Waals surface area contributed by atoms with E-state index in [9.17, 15) is 19.2 Å². The van der Waals surface area contributed by atoms with Crippen LogP contribution in [0.25, 0.3) is 0 Å². The molecule has 0 radical (unpaired) electrons. The van der Waals surface area contributed by atoms with Crippen LogP contribution in [-0.4, -0.2) is 50.1 Å². The molecule has 1 aliphatic heterocycles. The normalized spacial score (nSPS) is 13.2. The lowest BCUT2D eigenvalue weighted by atomic mass is 10.2. The summed E-state index contributed by atoms with van der Waals surface area (Å²) in [6.07, 6.45) is 0.125. The molecule has 2 N–H and O–H groups in total. The van der Waals surface area contributed by atoms with Gasteiger partial charge in [0.15, 0.2) is 6.61 Å². The van der Waals surface area contributed by atoms with E-state index in [0.29, 0.717) is 18.0 Å². The maximum Gasteiger partial charge on any atom is 0.326 e. The van der Waals surface area contributed by atoms with E-state index in [1.807, 2.05) is 5.32 Å². The summed E-state index contributed by atoms with van der Waals surface area (Å²) in [6, 6.07) is 6.17. The molecule has 134 valence electrons. The maximum absolute atomic E-state index is 12.2. The van der Waals surface area contributed by atoms with Crippen molar-refractivity contribution >= 4 is 29.5 Å². The SMILES string of the molecule is CCNC(=O)NC(=O)COC(=O)CN1C(=O)CCOc2ccccc21. The molecule has 0 unspecified atom stereocenters. The molecule has 2 rings (SSSR count). The van der Waals surface area contributed by atoms with Crippen molar-refractivity contribution in [3.63, 3.8) is 0 Å². The van der Waals surface area contributed by atoms with E-state index in [1.165, 1.54) is 4.90 Å². The highest BCUT2D eigenvalue weighted by atomic mass is 16.5. The highest BCUT2D eigenvalue weighted by molar-refractivity contribution is 6.00. The van der Waals surface area contributed by atoms with Gasteiger partial charge in [0.05, 0.1) is 18.7 Å². The standard InChI is InChI=1S/C16H19N3O6/c1-2-17-16(23)18-13(20)10-25-15(22)9-19-11-5-3-4-6-12(11)24-8-7-14(19)21/h3-6H,2,7-10H2,1H3,(H2,17,18,20,23).